The normalized spacial score (nSPS) is 18.0. The molecule has 3 heteroatoms. The molecule has 0 atom stereocenters. The van der Waals surface area contributed by atoms with Gasteiger partial charge in [-0.1, -0.05) is 13.3 Å². The molecule has 1 aromatic rings. The smallest absolute Gasteiger partial charge is 0.168 e. The predicted molar refractivity (Wildman–Crippen MR) is 61.2 cm³/mol. The van der Waals surface area contributed by atoms with Crippen LogP contribution in [-0.4, -0.2) is 18.6 Å². The monoisotopic (exact) mass is 206 g/mol. The van der Waals surface area contributed by atoms with Crippen LogP contribution in [0.2, 0.25) is 0 Å². The fourth-order valence-corrected chi connectivity index (χ4v) is 1.94. The number of anilines is 1. The molecule has 0 amide bonds. The summed E-state index contributed by atoms with van der Waals surface area (Å²) >= 11 is 0. The zero-order chi connectivity index (χ0) is 10.7. The molecule has 0 unspecified atom stereocenters. The van der Waals surface area contributed by atoms with E-state index < -0.39 is 0 Å². The fourth-order valence-electron chi connectivity index (χ4n) is 1.94. The Morgan fingerprint density at radius 2 is 2.33 bits per heavy atom. The number of hydrogen-bond acceptors (Lipinski definition) is 3. The number of ether oxygens (including phenoxy) is 1. The lowest BCUT2D eigenvalue weighted by Crippen LogP contribution is -2.33. The van der Waals surface area contributed by atoms with E-state index in [9.17, 15) is 0 Å². The average molecular weight is 206 g/mol. The molecule has 82 valence electrons. The lowest BCUT2D eigenvalue weighted by molar-refractivity contribution is 0.179. The van der Waals surface area contributed by atoms with E-state index in [4.69, 9.17) is 4.74 Å². The fraction of sp³-hybridized carbons (Fsp3) is 0.583. The second-order valence-corrected chi connectivity index (χ2v) is 4.57. The summed E-state index contributed by atoms with van der Waals surface area (Å²) in [5.74, 6) is 1.67. The van der Waals surface area contributed by atoms with E-state index >= 15 is 0 Å². The molecule has 3 nitrogen and oxygen atoms in total. The third-order valence-corrected chi connectivity index (χ3v) is 3.23. The minimum absolute atomic E-state index is 0.461. The van der Waals surface area contributed by atoms with Crippen molar-refractivity contribution in [1.29, 1.82) is 0 Å². The SMILES string of the molecule is COc1cccnc1NCC1(C)CCC1. The van der Waals surface area contributed by atoms with Crippen molar-refractivity contribution in [3.63, 3.8) is 0 Å². The molecule has 1 heterocycles. The molecule has 0 bridgehead atoms. The third-order valence-electron chi connectivity index (χ3n) is 3.23. The molecule has 0 aliphatic heterocycles. The van der Waals surface area contributed by atoms with Gasteiger partial charge in [0.15, 0.2) is 11.6 Å². The van der Waals surface area contributed by atoms with Crippen LogP contribution in [0.4, 0.5) is 5.82 Å². The van der Waals surface area contributed by atoms with Crippen molar-refractivity contribution >= 4 is 5.82 Å². The number of rotatable bonds is 4. The van der Waals surface area contributed by atoms with Crippen LogP contribution in [0.3, 0.4) is 0 Å². The van der Waals surface area contributed by atoms with Gasteiger partial charge in [0.05, 0.1) is 7.11 Å². The highest BCUT2D eigenvalue weighted by Gasteiger charge is 2.31. The Morgan fingerprint density at radius 3 is 2.93 bits per heavy atom. The summed E-state index contributed by atoms with van der Waals surface area (Å²) in [6.07, 6.45) is 5.77. The van der Waals surface area contributed by atoms with Crippen molar-refractivity contribution in [2.45, 2.75) is 26.2 Å². The van der Waals surface area contributed by atoms with Crippen LogP contribution in [0, 0.1) is 5.41 Å². The quantitative estimate of drug-likeness (QED) is 0.822. The van der Waals surface area contributed by atoms with E-state index in [2.05, 4.69) is 17.2 Å². The van der Waals surface area contributed by atoms with Gasteiger partial charge < -0.3 is 10.1 Å². The molecular weight excluding hydrogens is 188 g/mol. The highest BCUT2D eigenvalue weighted by molar-refractivity contribution is 5.49. The molecule has 1 N–H and O–H groups in total. The summed E-state index contributed by atoms with van der Waals surface area (Å²) in [4.78, 5) is 4.27. The molecule has 0 radical (unpaired) electrons. The van der Waals surface area contributed by atoms with Gasteiger partial charge in [0.1, 0.15) is 0 Å². The van der Waals surface area contributed by atoms with Gasteiger partial charge in [0, 0.05) is 12.7 Å². The number of aromatic nitrogens is 1. The Labute approximate surface area is 90.9 Å². The minimum atomic E-state index is 0.461. The summed E-state index contributed by atoms with van der Waals surface area (Å²) in [7, 11) is 1.67. The molecule has 1 saturated carbocycles. The molecular formula is C12H18N2O. The lowest BCUT2D eigenvalue weighted by atomic mass is 9.70. The number of nitrogens with one attached hydrogen (secondary N) is 1. The van der Waals surface area contributed by atoms with E-state index in [0.717, 1.165) is 18.1 Å². The molecule has 0 saturated heterocycles. The zero-order valence-electron chi connectivity index (χ0n) is 9.42. The summed E-state index contributed by atoms with van der Waals surface area (Å²) < 4.78 is 5.24. The van der Waals surface area contributed by atoms with Gasteiger partial charge in [0.25, 0.3) is 0 Å². The van der Waals surface area contributed by atoms with Crippen LogP contribution < -0.4 is 10.1 Å². The second kappa shape index (κ2) is 4.09. The largest absolute Gasteiger partial charge is 0.493 e. The number of methoxy groups -OCH3 is 1. The Hall–Kier alpha value is -1.25. The van der Waals surface area contributed by atoms with Crippen molar-refractivity contribution in [3.8, 4) is 5.75 Å². The second-order valence-electron chi connectivity index (χ2n) is 4.57. The van der Waals surface area contributed by atoms with Crippen LogP contribution in [0.15, 0.2) is 18.3 Å². The first-order chi connectivity index (χ1) is 7.23. The van der Waals surface area contributed by atoms with Crippen LogP contribution in [0.25, 0.3) is 0 Å². The highest BCUT2D eigenvalue weighted by atomic mass is 16.5. The number of nitrogens with zero attached hydrogens (tertiary/aromatic N) is 1. The van der Waals surface area contributed by atoms with Gasteiger partial charge in [-0.3, -0.25) is 0 Å². The maximum Gasteiger partial charge on any atom is 0.168 e. The van der Waals surface area contributed by atoms with Gasteiger partial charge in [-0.15, -0.1) is 0 Å². The summed E-state index contributed by atoms with van der Waals surface area (Å²) in [6, 6.07) is 3.81. The lowest BCUT2D eigenvalue weighted by Gasteiger charge is -2.38. The van der Waals surface area contributed by atoms with E-state index in [1.807, 2.05) is 12.1 Å². The minimum Gasteiger partial charge on any atom is -0.493 e. The number of pyridine rings is 1. The first-order valence-electron chi connectivity index (χ1n) is 5.46. The summed E-state index contributed by atoms with van der Waals surface area (Å²) in [6.45, 7) is 3.30. The topological polar surface area (TPSA) is 34.1 Å². The van der Waals surface area contributed by atoms with Gasteiger partial charge in [0.2, 0.25) is 0 Å². The Bertz CT molecular complexity index is 334. The van der Waals surface area contributed by atoms with Gasteiger partial charge in [-0.05, 0) is 30.4 Å². The Balaban J connectivity index is 1.98. The van der Waals surface area contributed by atoms with Crippen LogP contribution in [0.1, 0.15) is 26.2 Å². The van der Waals surface area contributed by atoms with E-state index in [1.165, 1.54) is 19.3 Å². The molecule has 0 aromatic carbocycles. The van der Waals surface area contributed by atoms with Crippen LogP contribution in [0.5, 0.6) is 5.75 Å². The predicted octanol–water partition coefficient (Wildman–Crippen LogP) is 2.69. The van der Waals surface area contributed by atoms with Crippen molar-refractivity contribution in [1.82, 2.24) is 4.98 Å². The van der Waals surface area contributed by atoms with Gasteiger partial charge >= 0.3 is 0 Å². The average Bonchev–Trinajstić information content (AvgIpc) is 2.24. The highest BCUT2D eigenvalue weighted by Crippen LogP contribution is 2.40. The maximum absolute atomic E-state index is 5.24. The van der Waals surface area contributed by atoms with Crippen molar-refractivity contribution in [2.75, 3.05) is 19.0 Å². The van der Waals surface area contributed by atoms with Crippen LogP contribution >= 0.6 is 0 Å². The standard InChI is InChI=1S/C12H18N2O/c1-12(6-4-7-12)9-14-11-10(15-2)5-3-8-13-11/h3,5,8H,4,6-7,9H2,1-2H3,(H,13,14). The summed E-state index contributed by atoms with van der Waals surface area (Å²) in [5.41, 5.74) is 0.461. The van der Waals surface area contributed by atoms with Gasteiger partial charge in [-0.2, -0.15) is 0 Å². The maximum atomic E-state index is 5.24. The molecule has 2 rings (SSSR count). The number of hydrogen-bond donors (Lipinski definition) is 1. The molecule has 1 aromatic heterocycles. The van der Waals surface area contributed by atoms with E-state index in [0.29, 0.717) is 5.41 Å². The molecule has 1 aliphatic carbocycles. The third kappa shape index (κ3) is 2.22. The first kappa shape index (κ1) is 10.3. The van der Waals surface area contributed by atoms with Crippen molar-refractivity contribution < 1.29 is 4.74 Å². The Kier molecular flexibility index (Phi) is 2.80. The zero-order valence-corrected chi connectivity index (χ0v) is 9.42. The van der Waals surface area contributed by atoms with Crippen LogP contribution in [-0.2, 0) is 0 Å². The Morgan fingerprint density at radius 1 is 1.53 bits per heavy atom. The molecule has 1 fully saturated rings. The van der Waals surface area contributed by atoms with E-state index in [1.54, 1.807) is 13.3 Å². The molecule has 1 aliphatic rings. The molecule has 0 spiro atoms. The van der Waals surface area contributed by atoms with Crippen molar-refractivity contribution in [2.24, 2.45) is 5.41 Å². The molecule has 15 heavy (non-hydrogen) atoms. The van der Waals surface area contributed by atoms with Gasteiger partial charge in [-0.25, -0.2) is 4.98 Å². The van der Waals surface area contributed by atoms with Crippen molar-refractivity contribution in [3.05, 3.63) is 18.3 Å². The van der Waals surface area contributed by atoms with E-state index in [-0.39, 0.29) is 0 Å². The summed E-state index contributed by atoms with van der Waals surface area (Å²) in [5, 5.41) is 3.37. The first-order valence-corrected chi connectivity index (χ1v) is 5.46.